The number of nitrogens with two attached hydrogens (primary N) is 1. The molecule has 7 heteroatoms. The maximum atomic E-state index is 12.4. The van der Waals surface area contributed by atoms with Gasteiger partial charge in [0.1, 0.15) is 5.69 Å². The average molecular weight is 387 g/mol. The molecule has 2 atom stereocenters. The number of amides is 1. The number of nitrogens with one attached hydrogen (secondary N) is 1. The Kier molecular flexibility index (Phi) is 4.63. The lowest BCUT2D eigenvalue weighted by molar-refractivity contribution is 0.102. The van der Waals surface area contributed by atoms with Crippen LogP contribution in [0, 0.1) is 5.92 Å². The van der Waals surface area contributed by atoms with E-state index < -0.39 is 0 Å². The molecule has 0 radical (unpaired) electrons. The van der Waals surface area contributed by atoms with Crippen LogP contribution in [0.1, 0.15) is 35.3 Å². The highest BCUT2D eigenvalue weighted by Gasteiger charge is 2.46. The smallest absolute Gasteiger partial charge is 0.274 e. The van der Waals surface area contributed by atoms with Crippen molar-refractivity contribution in [2.45, 2.75) is 24.8 Å². The molecule has 2 heterocycles. The number of nitrogens with zero attached hydrogens (tertiary/aromatic N) is 2. The number of carbonyl (C=O) groups is 1. The van der Waals surface area contributed by atoms with Gasteiger partial charge in [0.2, 0.25) is 0 Å². The van der Waals surface area contributed by atoms with E-state index in [1.165, 1.54) is 6.20 Å². The Labute approximate surface area is 161 Å². The van der Waals surface area contributed by atoms with Gasteiger partial charge in [0.25, 0.3) is 5.91 Å². The number of anilines is 1. The summed E-state index contributed by atoms with van der Waals surface area (Å²) >= 11 is 7.47. The van der Waals surface area contributed by atoms with Crippen molar-refractivity contribution in [3.63, 3.8) is 0 Å². The lowest BCUT2D eigenvalue weighted by Crippen LogP contribution is -2.36. The van der Waals surface area contributed by atoms with E-state index in [1.807, 2.05) is 18.2 Å². The summed E-state index contributed by atoms with van der Waals surface area (Å²) in [5, 5.41) is 4.07. The number of benzene rings is 1. The minimum atomic E-state index is -0.262. The molecule has 1 aliphatic heterocycles. The Bertz CT molecular complexity index is 870. The maximum Gasteiger partial charge on any atom is 0.274 e. The lowest BCUT2D eigenvalue weighted by Gasteiger charge is -2.36. The van der Waals surface area contributed by atoms with Crippen molar-refractivity contribution in [3.05, 3.63) is 58.9 Å². The summed E-state index contributed by atoms with van der Waals surface area (Å²) in [7, 11) is 0. The van der Waals surface area contributed by atoms with Crippen LogP contribution in [-0.4, -0.2) is 21.8 Å². The number of rotatable bonds is 3. The third kappa shape index (κ3) is 3.19. The van der Waals surface area contributed by atoms with Gasteiger partial charge in [-0.05, 0) is 48.6 Å². The van der Waals surface area contributed by atoms with Gasteiger partial charge >= 0.3 is 0 Å². The number of fused-ring (bicyclic) bond motifs is 1. The first-order valence-electron chi connectivity index (χ1n) is 8.58. The molecule has 26 heavy (non-hydrogen) atoms. The van der Waals surface area contributed by atoms with Crippen LogP contribution in [0.5, 0.6) is 0 Å². The van der Waals surface area contributed by atoms with Gasteiger partial charge in [0.15, 0.2) is 5.17 Å². The van der Waals surface area contributed by atoms with Crippen molar-refractivity contribution in [2.24, 2.45) is 16.6 Å². The second-order valence-electron chi connectivity index (χ2n) is 6.67. The molecule has 1 amide bonds. The predicted molar refractivity (Wildman–Crippen MR) is 107 cm³/mol. The minimum absolute atomic E-state index is 0.255. The molecule has 0 unspecified atom stereocenters. The molecule has 1 aromatic carbocycles. The Balaban J connectivity index is 1.62. The van der Waals surface area contributed by atoms with Gasteiger partial charge in [-0.25, -0.2) is 4.98 Å². The number of hydrogen-bond donors (Lipinski definition) is 2. The van der Waals surface area contributed by atoms with Crippen molar-refractivity contribution in [2.75, 3.05) is 11.1 Å². The average Bonchev–Trinajstić information content (AvgIpc) is 3.06. The molecule has 1 aromatic heterocycles. The number of hydrogen-bond acceptors (Lipinski definition) is 5. The number of aliphatic imine (C=N–C) groups is 1. The molecule has 0 spiro atoms. The second kappa shape index (κ2) is 6.93. The fourth-order valence-electron chi connectivity index (χ4n) is 3.86. The number of carbonyl (C=O) groups excluding carboxylic acids is 1. The number of amidine groups is 1. The van der Waals surface area contributed by atoms with Gasteiger partial charge in [-0.2, -0.15) is 0 Å². The van der Waals surface area contributed by atoms with Crippen LogP contribution in [0.3, 0.4) is 0 Å². The molecule has 3 N–H and O–H groups in total. The molecule has 1 aliphatic carbocycles. The van der Waals surface area contributed by atoms with Crippen molar-refractivity contribution in [3.8, 4) is 0 Å². The molecule has 1 saturated carbocycles. The molecule has 1 fully saturated rings. The molecular formula is C19H19ClN4OS. The largest absolute Gasteiger partial charge is 0.379 e. The fourth-order valence-corrected chi connectivity index (χ4v) is 5.01. The highest BCUT2D eigenvalue weighted by molar-refractivity contribution is 8.13. The number of halogens is 1. The Hall–Kier alpha value is -2.05. The lowest BCUT2D eigenvalue weighted by atomic mass is 9.81. The standard InChI is InChI=1S/C19H19ClN4OS/c20-14-6-7-16(22-10-14)17(25)23-15-5-1-3-12(9-15)19-8-2-4-13(19)11-26-18(21)24-19/h1,3,5-7,9-10,13H,2,4,8,11H2,(H2,21,24)(H,23,25)/t13-,19+/m0/s1. The zero-order valence-corrected chi connectivity index (χ0v) is 15.7. The number of aromatic nitrogens is 1. The first-order valence-corrected chi connectivity index (χ1v) is 9.95. The molecule has 0 saturated heterocycles. The first-order chi connectivity index (χ1) is 12.6. The van der Waals surface area contributed by atoms with E-state index in [0.29, 0.717) is 21.8 Å². The van der Waals surface area contributed by atoms with Crippen molar-refractivity contribution in [1.82, 2.24) is 4.98 Å². The van der Waals surface area contributed by atoms with E-state index in [0.717, 1.165) is 36.3 Å². The summed E-state index contributed by atoms with van der Waals surface area (Å²) in [4.78, 5) is 21.3. The molecule has 5 nitrogen and oxygen atoms in total. The monoisotopic (exact) mass is 386 g/mol. The summed E-state index contributed by atoms with van der Waals surface area (Å²) in [6.45, 7) is 0. The topological polar surface area (TPSA) is 80.4 Å². The van der Waals surface area contributed by atoms with E-state index >= 15 is 0 Å². The van der Waals surface area contributed by atoms with E-state index in [-0.39, 0.29) is 11.4 Å². The molecule has 4 rings (SSSR count). The van der Waals surface area contributed by atoms with Crippen LogP contribution in [0.4, 0.5) is 5.69 Å². The van der Waals surface area contributed by atoms with Gasteiger partial charge in [-0.3, -0.25) is 9.79 Å². The van der Waals surface area contributed by atoms with Gasteiger partial charge in [0.05, 0.1) is 10.6 Å². The van der Waals surface area contributed by atoms with Crippen molar-refractivity contribution >= 4 is 40.1 Å². The minimum Gasteiger partial charge on any atom is -0.379 e. The quantitative estimate of drug-likeness (QED) is 0.834. The third-order valence-corrected chi connectivity index (χ3v) is 6.29. The van der Waals surface area contributed by atoms with Crippen molar-refractivity contribution < 1.29 is 4.79 Å². The van der Waals surface area contributed by atoms with E-state index in [2.05, 4.69) is 16.4 Å². The predicted octanol–water partition coefficient (Wildman–Crippen LogP) is 4.04. The fraction of sp³-hybridized carbons (Fsp3) is 0.316. The summed E-state index contributed by atoms with van der Waals surface area (Å²) in [5.41, 5.74) is 7.96. The van der Waals surface area contributed by atoms with E-state index in [4.69, 9.17) is 22.3 Å². The van der Waals surface area contributed by atoms with Gasteiger partial charge in [-0.1, -0.05) is 41.9 Å². The summed E-state index contributed by atoms with van der Waals surface area (Å²) in [5.74, 6) is 1.23. The normalized spacial score (nSPS) is 24.7. The Morgan fingerprint density at radius 1 is 1.35 bits per heavy atom. The number of pyridine rings is 1. The highest BCUT2D eigenvalue weighted by Crippen LogP contribution is 2.50. The summed E-state index contributed by atoms with van der Waals surface area (Å²) in [6.07, 6.45) is 4.77. The van der Waals surface area contributed by atoms with Crippen LogP contribution in [-0.2, 0) is 5.54 Å². The molecule has 2 aromatic rings. The van der Waals surface area contributed by atoms with E-state index in [9.17, 15) is 4.79 Å². The summed E-state index contributed by atoms with van der Waals surface area (Å²) in [6, 6.07) is 11.2. The van der Waals surface area contributed by atoms with Gasteiger partial charge in [0, 0.05) is 17.6 Å². The molecule has 2 aliphatic rings. The Morgan fingerprint density at radius 3 is 3.04 bits per heavy atom. The molecule has 134 valence electrons. The zero-order chi connectivity index (χ0) is 18.1. The van der Waals surface area contributed by atoms with Crippen LogP contribution < -0.4 is 11.1 Å². The molecular weight excluding hydrogens is 368 g/mol. The van der Waals surface area contributed by atoms with Crippen LogP contribution >= 0.6 is 23.4 Å². The van der Waals surface area contributed by atoms with Crippen LogP contribution in [0.25, 0.3) is 0 Å². The summed E-state index contributed by atoms with van der Waals surface area (Å²) < 4.78 is 0. The van der Waals surface area contributed by atoms with Crippen molar-refractivity contribution in [1.29, 1.82) is 0 Å². The molecule has 0 bridgehead atoms. The maximum absolute atomic E-state index is 12.4. The SMILES string of the molecule is NC1=N[C@@]2(c3cccc(NC(=O)c4ccc(Cl)cn4)c3)CCC[C@H]2CS1. The zero-order valence-electron chi connectivity index (χ0n) is 14.1. The first kappa shape index (κ1) is 17.4. The van der Waals surface area contributed by atoms with E-state index in [1.54, 1.807) is 23.9 Å². The number of thioether (sulfide) groups is 1. The highest BCUT2D eigenvalue weighted by atomic mass is 35.5. The van der Waals surface area contributed by atoms with Gasteiger partial charge < -0.3 is 11.1 Å². The van der Waals surface area contributed by atoms with Crippen LogP contribution in [0.2, 0.25) is 5.02 Å². The van der Waals surface area contributed by atoms with Crippen LogP contribution in [0.15, 0.2) is 47.6 Å². The third-order valence-electron chi connectivity index (χ3n) is 5.11. The van der Waals surface area contributed by atoms with Gasteiger partial charge in [-0.15, -0.1) is 0 Å². The second-order valence-corrected chi connectivity index (χ2v) is 8.15. The Morgan fingerprint density at radius 2 is 2.23 bits per heavy atom.